The van der Waals surface area contributed by atoms with Crippen molar-refractivity contribution in [2.45, 2.75) is 64.3 Å². The van der Waals surface area contributed by atoms with E-state index in [1.54, 1.807) is 45.9 Å². The molecule has 0 saturated carbocycles. The van der Waals surface area contributed by atoms with E-state index in [2.05, 4.69) is 0 Å². The first-order valence-electron chi connectivity index (χ1n) is 9.97. The zero-order valence-corrected chi connectivity index (χ0v) is 18.7. The average molecular weight is 453 g/mol. The maximum absolute atomic E-state index is 13.2. The Morgan fingerprint density at radius 2 is 1.52 bits per heavy atom. The van der Waals surface area contributed by atoms with E-state index in [9.17, 15) is 22.8 Å². The van der Waals surface area contributed by atoms with Crippen LogP contribution in [0.25, 0.3) is 11.1 Å². The van der Waals surface area contributed by atoms with Crippen molar-refractivity contribution in [2.75, 3.05) is 0 Å². The highest BCUT2D eigenvalue weighted by Crippen LogP contribution is 2.41. The van der Waals surface area contributed by atoms with E-state index < -0.39 is 28.9 Å². The lowest BCUT2D eigenvalue weighted by Gasteiger charge is -2.43. The summed E-state index contributed by atoms with van der Waals surface area (Å²) >= 11 is 5.93. The Morgan fingerprint density at radius 1 is 0.935 bits per heavy atom. The molecule has 0 radical (unpaired) electrons. The van der Waals surface area contributed by atoms with Crippen molar-refractivity contribution in [3.8, 4) is 11.1 Å². The summed E-state index contributed by atoms with van der Waals surface area (Å²) in [4.78, 5) is 26.2. The van der Waals surface area contributed by atoms with Crippen molar-refractivity contribution in [3.05, 3.63) is 58.1 Å². The molecular weight excluding hydrogens is 429 g/mol. The Morgan fingerprint density at radius 3 is 2.03 bits per heavy atom. The Labute approximate surface area is 184 Å². The standard InChI is InChI=1S/C24H24ClF3O3/c1-6-13-9-14(15-10-16(24(26,27)28)12-17(25)11-15)7-8-18(13)19-20(29)22(2,3)31-23(4,5)21(19)30/h7-12,19H,6H2,1-5H3. The Bertz CT molecular complexity index is 1030. The largest absolute Gasteiger partial charge is 0.416 e. The molecule has 166 valence electrons. The van der Waals surface area contributed by atoms with Gasteiger partial charge in [0, 0.05) is 5.02 Å². The molecule has 0 unspecified atom stereocenters. The first-order valence-corrected chi connectivity index (χ1v) is 10.3. The number of alkyl halides is 3. The molecule has 1 aliphatic rings. The van der Waals surface area contributed by atoms with Crippen LogP contribution in [0.2, 0.25) is 5.02 Å². The van der Waals surface area contributed by atoms with E-state index >= 15 is 0 Å². The van der Waals surface area contributed by atoms with E-state index in [0.717, 1.165) is 12.1 Å². The fourth-order valence-electron chi connectivity index (χ4n) is 4.13. The molecule has 0 spiro atoms. The first kappa shape index (κ1) is 23.5. The lowest BCUT2D eigenvalue weighted by atomic mass is 9.73. The number of carbonyl (C=O) groups excluding carboxylic acids is 2. The quantitative estimate of drug-likeness (QED) is 0.506. The van der Waals surface area contributed by atoms with Gasteiger partial charge in [0.1, 0.15) is 17.1 Å². The minimum absolute atomic E-state index is 0.0229. The van der Waals surface area contributed by atoms with Gasteiger partial charge in [-0.05, 0) is 74.6 Å². The molecule has 1 aliphatic heterocycles. The van der Waals surface area contributed by atoms with Gasteiger partial charge in [0.25, 0.3) is 0 Å². The smallest absolute Gasteiger partial charge is 0.354 e. The summed E-state index contributed by atoms with van der Waals surface area (Å²) < 4.78 is 45.3. The van der Waals surface area contributed by atoms with Gasteiger partial charge in [-0.25, -0.2) is 0 Å². The summed E-state index contributed by atoms with van der Waals surface area (Å²) in [6, 6.07) is 8.37. The number of benzene rings is 2. The first-order chi connectivity index (χ1) is 14.2. The molecule has 0 atom stereocenters. The van der Waals surface area contributed by atoms with Crippen LogP contribution in [-0.2, 0) is 26.9 Å². The molecule has 31 heavy (non-hydrogen) atoms. The third-order valence-corrected chi connectivity index (χ3v) is 5.83. The molecule has 3 nitrogen and oxygen atoms in total. The second kappa shape index (κ2) is 7.75. The highest BCUT2D eigenvalue weighted by atomic mass is 35.5. The predicted octanol–water partition coefficient (Wildman–Crippen LogP) is 6.40. The van der Waals surface area contributed by atoms with Gasteiger partial charge in [-0.15, -0.1) is 0 Å². The number of ether oxygens (including phenoxy) is 1. The molecule has 7 heteroatoms. The molecule has 1 saturated heterocycles. The Hall–Kier alpha value is -2.18. The van der Waals surface area contributed by atoms with E-state index in [-0.39, 0.29) is 16.6 Å². The van der Waals surface area contributed by atoms with Crippen LogP contribution in [0.5, 0.6) is 0 Å². The van der Waals surface area contributed by atoms with E-state index in [4.69, 9.17) is 16.3 Å². The van der Waals surface area contributed by atoms with Gasteiger partial charge in [-0.2, -0.15) is 13.2 Å². The molecule has 3 rings (SSSR count). The average Bonchev–Trinajstić information content (AvgIpc) is 2.65. The van der Waals surface area contributed by atoms with Gasteiger partial charge in [-0.1, -0.05) is 36.7 Å². The SMILES string of the molecule is CCc1cc(-c2cc(Cl)cc(C(F)(F)F)c2)ccc1C1C(=O)C(C)(C)OC(C)(C)C1=O. The molecular formula is C24H24ClF3O3. The van der Waals surface area contributed by atoms with Crippen LogP contribution in [0.4, 0.5) is 13.2 Å². The van der Waals surface area contributed by atoms with Crippen molar-refractivity contribution in [1.82, 2.24) is 0 Å². The molecule has 1 heterocycles. The normalized spacial score (nSPS) is 19.0. The van der Waals surface area contributed by atoms with Crippen LogP contribution in [-0.4, -0.2) is 22.8 Å². The summed E-state index contributed by atoms with van der Waals surface area (Å²) in [6.07, 6.45) is -4.03. The summed E-state index contributed by atoms with van der Waals surface area (Å²) in [5.41, 5.74) is -1.00. The number of rotatable bonds is 3. The predicted molar refractivity (Wildman–Crippen MR) is 113 cm³/mol. The molecule has 2 aromatic carbocycles. The Kier molecular flexibility index (Phi) is 5.87. The second-order valence-electron chi connectivity index (χ2n) is 8.78. The summed E-state index contributed by atoms with van der Waals surface area (Å²) in [5.74, 6) is -1.66. The molecule has 0 bridgehead atoms. The maximum Gasteiger partial charge on any atom is 0.416 e. The third kappa shape index (κ3) is 4.41. The van der Waals surface area contributed by atoms with Crippen LogP contribution in [0, 0.1) is 0 Å². The Balaban J connectivity index is 2.12. The summed E-state index contributed by atoms with van der Waals surface area (Å²) in [6.45, 7) is 8.43. The van der Waals surface area contributed by atoms with Gasteiger partial charge in [-0.3, -0.25) is 9.59 Å². The topological polar surface area (TPSA) is 43.4 Å². The van der Waals surface area contributed by atoms with Gasteiger partial charge in [0.2, 0.25) is 0 Å². The van der Waals surface area contributed by atoms with Crippen LogP contribution >= 0.6 is 11.6 Å². The lowest BCUT2D eigenvalue weighted by Crippen LogP contribution is -2.58. The number of Topliss-reactive ketones (excluding diaryl/α,β-unsaturated/α-hetero) is 2. The van der Waals surface area contributed by atoms with Crippen molar-refractivity contribution in [2.24, 2.45) is 0 Å². The van der Waals surface area contributed by atoms with Crippen LogP contribution in [0.1, 0.15) is 57.2 Å². The summed E-state index contributed by atoms with van der Waals surface area (Å²) in [5, 5.41) is -0.0229. The highest BCUT2D eigenvalue weighted by Gasteiger charge is 2.53. The van der Waals surface area contributed by atoms with Crippen molar-refractivity contribution < 1.29 is 27.5 Å². The zero-order valence-electron chi connectivity index (χ0n) is 18.0. The summed E-state index contributed by atoms with van der Waals surface area (Å²) in [7, 11) is 0. The fourth-order valence-corrected chi connectivity index (χ4v) is 4.36. The van der Waals surface area contributed by atoms with Crippen molar-refractivity contribution in [1.29, 1.82) is 0 Å². The van der Waals surface area contributed by atoms with Gasteiger partial charge in [0.05, 0.1) is 5.56 Å². The van der Waals surface area contributed by atoms with Crippen LogP contribution in [0.3, 0.4) is 0 Å². The van der Waals surface area contributed by atoms with E-state index in [0.29, 0.717) is 28.7 Å². The van der Waals surface area contributed by atoms with Crippen LogP contribution in [0.15, 0.2) is 36.4 Å². The van der Waals surface area contributed by atoms with E-state index in [1.165, 1.54) is 6.07 Å². The lowest BCUT2D eigenvalue weighted by molar-refractivity contribution is -0.184. The monoisotopic (exact) mass is 452 g/mol. The highest BCUT2D eigenvalue weighted by molar-refractivity contribution is 6.31. The number of ketones is 2. The number of halogens is 4. The van der Waals surface area contributed by atoms with Crippen LogP contribution < -0.4 is 0 Å². The van der Waals surface area contributed by atoms with Gasteiger partial charge < -0.3 is 4.74 Å². The number of hydrogen-bond donors (Lipinski definition) is 0. The second-order valence-corrected chi connectivity index (χ2v) is 9.21. The minimum atomic E-state index is -4.52. The molecule has 2 aromatic rings. The third-order valence-electron chi connectivity index (χ3n) is 5.61. The number of carbonyl (C=O) groups is 2. The zero-order chi connectivity index (χ0) is 23.4. The van der Waals surface area contributed by atoms with Gasteiger partial charge >= 0.3 is 6.18 Å². The molecule has 0 aromatic heterocycles. The molecule has 1 fully saturated rings. The van der Waals surface area contributed by atoms with Gasteiger partial charge in [0.15, 0.2) is 11.6 Å². The minimum Gasteiger partial charge on any atom is -0.354 e. The molecule has 0 N–H and O–H groups in total. The van der Waals surface area contributed by atoms with Crippen molar-refractivity contribution in [3.63, 3.8) is 0 Å². The van der Waals surface area contributed by atoms with E-state index in [1.807, 2.05) is 6.92 Å². The maximum atomic E-state index is 13.2. The van der Waals surface area contributed by atoms with Crippen molar-refractivity contribution >= 4 is 23.2 Å². The molecule has 0 aliphatic carbocycles. The molecule has 0 amide bonds. The fraction of sp³-hybridized carbons (Fsp3) is 0.417. The number of hydrogen-bond acceptors (Lipinski definition) is 3. The number of aryl methyl sites for hydroxylation is 1.